The van der Waals surface area contributed by atoms with Crippen molar-refractivity contribution in [1.82, 2.24) is 24.3 Å². The second-order valence-corrected chi connectivity index (χ2v) is 8.70. The van der Waals surface area contributed by atoms with Crippen LogP contribution in [0.2, 0.25) is 0 Å². The van der Waals surface area contributed by atoms with Crippen LogP contribution in [0.1, 0.15) is 5.69 Å². The SMILES string of the molecule is Cc1cccc(-c2nc3n(c2-c2ccc(F)c(NC(=O)CN4CCN(C)CC4)c2)CCN3)n1. The van der Waals surface area contributed by atoms with Crippen molar-refractivity contribution in [2.75, 3.05) is 56.9 Å². The molecule has 1 fully saturated rings. The van der Waals surface area contributed by atoms with Gasteiger partial charge in [0.05, 0.1) is 23.6 Å². The van der Waals surface area contributed by atoms with Gasteiger partial charge in [-0.05, 0) is 44.3 Å². The molecule has 9 heteroatoms. The summed E-state index contributed by atoms with van der Waals surface area (Å²) in [5.41, 5.74) is 4.22. The largest absolute Gasteiger partial charge is 0.354 e. The van der Waals surface area contributed by atoms with Crippen LogP contribution in [-0.4, -0.2) is 76.6 Å². The van der Waals surface area contributed by atoms with Crippen molar-refractivity contribution in [3.63, 3.8) is 0 Å². The Morgan fingerprint density at radius 2 is 1.94 bits per heavy atom. The molecule has 1 aromatic carbocycles. The summed E-state index contributed by atoms with van der Waals surface area (Å²) in [6.45, 7) is 7.24. The maximum atomic E-state index is 14.7. The van der Waals surface area contributed by atoms with E-state index in [2.05, 4.69) is 37.0 Å². The molecule has 8 nitrogen and oxygen atoms in total. The molecule has 4 heterocycles. The number of pyridine rings is 1. The first-order chi connectivity index (χ1) is 16.0. The van der Waals surface area contributed by atoms with Gasteiger partial charge >= 0.3 is 0 Å². The zero-order valence-electron chi connectivity index (χ0n) is 18.9. The quantitative estimate of drug-likeness (QED) is 0.624. The molecule has 0 spiro atoms. The number of nitrogens with zero attached hydrogens (tertiary/aromatic N) is 5. The minimum absolute atomic E-state index is 0.177. The third kappa shape index (κ3) is 4.46. The number of aromatic nitrogens is 3. The molecule has 172 valence electrons. The molecule has 33 heavy (non-hydrogen) atoms. The Morgan fingerprint density at radius 3 is 2.73 bits per heavy atom. The van der Waals surface area contributed by atoms with Crippen molar-refractivity contribution in [2.24, 2.45) is 0 Å². The van der Waals surface area contributed by atoms with Crippen molar-refractivity contribution in [3.8, 4) is 22.6 Å². The van der Waals surface area contributed by atoms with Gasteiger partial charge in [0.15, 0.2) is 0 Å². The van der Waals surface area contributed by atoms with Gasteiger partial charge in [-0.25, -0.2) is 9.37 Å². The number of carbonyl (C=O) groups excluding carboxylic acids is 1. The predicted molar refractivity (Wildman–Crippen MR) is 127 cm³/mol. The van der Waals surface area contributed by atoms with Crippen molar-refractivity contribution in [1.29, 1.82) is 0 Å². The van der Waals surface area contributed by atoms with Gasteiger partial charge in [-0.15, -0.1) is 0 Å². The molecular formula is C24H28FN7O. The Morgan fingerprint density at radius 1 is 1.12 bits per heavy atom. The highest BCUT2D eigenvalue weighted by Crippen LogP contribution is 2.37. The number of hydrogen-bond acceptors (Lipinski definition) is 6. The second kappa shape index (κ2) is 8.92. The van der Waals surface area contributed by atoms with Crippen LogP contribution in [0, 0.1) is 12.7 Å². The molecule has 0 unspecified atom stereocenters. The summed E-state index contributed by atoms with van der Waals surface area (Å²) in [5, 5.41) is 6.07. The normalized spacial score (nSPS) is 16.5. The van der Waals surface area contributed by atoms with Crippen molar-refractivity contribution < 1.29 is 9.18 Å². The average Bonchev–Trinajstić information content (AvgIpc) is 3.38. The zero-order chi connectivity index (χ0) is 22.9. The maximum absolute atomic E-state index is 14.7. The zero-order valence-corrected chi connectivity index (χ0v) is 18.9. The lowest BCUT2D eigenvalue weighted by Crippen LogP contribution is -2.47. The first-order valence-corrected chi connectivity index (χ1v) is 11.3. The number of aryl methyl sites for hydroxylation is 1. The van der Waals surface area contributed by atoms with E-state index in [-0.39, 0.29) is 18.1 Å². The average molecular weight is 450 g/mol. The standard InChI is InChI=1S/C24H28FN7O/c1-16-4-3-5-19(27-16)22-23(32-9-8-26-24(32)29-22)17-6-7-18(25)20(14-17)28-21(33)15-31-12-10-30(2)11-13-31/h3-7,14H,8-13,15H2,1-2H3,(H,26,29)(H,28,33). The monoisotopic (exact) mass is 449 g/mol. The van der Waals surface area contributed by atoms with E-state index in [9.17, 15) is 9.18 Å². The van der Waals surface area contributed by atoms with Crippen molar-refractivity contribution >= 4 is 17.5 Å². The molecule has 3 aromatic rings. The van der Waals surface area contributed by atoms with E-state index >= 15 is 0 Å². The Kier molecular flexibility index (Phi) is 5.82. The minimum Gasteiger partial charge on any atom is -0.354 e. The topological polar surface area (TPSA) is 78.3 Å². The van der Waals surface area contributed by atoms with Gasteiger partial charge in [-0.3, -0.25) is 14.7 Å². The molecule has 2 N–H and O–H groups in total. The molecule has 0 saturated carbocycles. The number of piperazine rings is 1. The highest BCUT2D eigenvalue weighted by molar-refractivity contribution is 5.93. The number of carbonyl (C=O) groups is 1. The Hall–Kier alpha value is -3.30. The number of fused-ring (bicyclic) bond motifs is 1. The smallest absolute Gasteiger partial charge is 0.238 e. The Labute approximate surface area is 192 Å². The number of anilines is 2. The van der Waals surface area contributed by atoms with Crippen molar-refractivity contribution in [2.45, 2.75) is 13.5 Å². The molecule has 0 aliphatic carbocycles. The Balaban J connectivity index is 1.44. The molecular weight excluding hydrogens is 421 g/mol. The highest BCUT2D eigenvalue weighted by atomic mass is 19.1. The summed E-state index contributed by atoms with van der Waals surface area (Å²) < 4.78 is 16.8. The van der Waals surface area contributed by atoms with E-state index in [4.69, 9.17) is 4.98 Å². The Bertz CT molecular complexity index is 1180. The van der Waals surface area contributed by atoms with E-state index < -0.39 is 5.82 Å². The van der Waals surface area contributed by atoms with Gasteiger partial charge in [-0.2, -0.15) is 0 Å². The summed E-state index contributed by atoms with van der Waals surface area (Å²) >= 11 is 0. The number of hydrogen-bond donors (Lipinski definition) is 2. The number of likely N-dealkylation sites (N-methyl/N-ethyl adjacent to an activating group) is 1. The third-order valence-corrected chi connectivity index (χ3v) is 6.19. The fraction of sp³-hybridized carbons (Fsp3) is 0.375. The van der Waals surface area contributed by atoms with E-state index in [1.54, 1.807) is 12.1 Å². The molecule has 2 aliphatic heterocycles. The summed E-state index contributed by atoms with van der Waals surface area (Å²) in [6, 6.07) is 10.6. The first kappa shape index (κ1) is 21.5. The van der Waals surface area contributed by atoms with Crippen LogP contribution >= 0.6 is 0 Å². The lowest BCUT2D eigenvalue weighted by molar-refractivity contribution is -0.117. The van der Waals surface area contributed by atoms with Gasteiger partial charge < -0.3 is 20.1 Å². The van der Waals surface area contributed by atoms with Gasteiger partial charge in [0.1, 0.15) is 11.5 Å². The molecule has 0 atom stereocenters. The summed E-state index contributed by atoms with van der Waals surface area (Å²) in [6.07, 6.45) is 0. The number of amides is 1. The van der Waals surface area contributed by atoms with Crippen molar-refractivity contribution in [3.05, 3.63) is 47.9 Å². The van der Waals surface area contributed by atoms with Gasteiger partial charge in [-0.1, -0.05) is 6.07 Å². The molecule has 0 bridgehead atoms. The van der Waals surface area contributed by atoms with E-state index in [0.29, 0.717) is 0 Å². The molecule has 5 rings (SSSR count). The highest BCUT2D eigenvalue weighted by Gasteiger charge is 2.25. The van der Waals surface area contributed by atoms with Gasteiger partial charge in [0.2, 0.25) is 11.9 Å². The molecule has 1 saturated heterocycles. The fourth-order valence-corrected chi connectivity index (χ4v) is 4.40. The number of halogens is 1. The molecule has 2 aliphatic rings. The third-order valence-electron chi connectivity index (χ3n) is 6.19. The second-order valence-electron chi connectivity index (χ2n) is 8.70. The summed E-state index contributed by atoms with van der Waals surface area (Å²) in [5.74, 6) is 0.102. The fourth-order valence-electron chi connectivity index (χ4n) is 4.40. The lowest BCUT2D eigenvalue weighted by atomic mass is 10.1. The number of nitrogens with one attached hydrogen (secondary N) is 2. The van der Waals surface area contributed by atoms with Crippen LogP contribution < -0.4 is 10.6 Å². The van der Waals surface area contributed by atoms with Crippen LogP contribution in [0.4, 0.5) is 16.0 Å². The van der Waals surface area contributed by atoms with Crippen LogP contribution in [0.15, 0.2) is 36.4 Å². The number of imidazole rings is 1. The van der Waals surface area contributed by atoms with Gasteiger partial charge in [0, 0.05) is 50.5 Å². The van der Waals surface area contributed by atoms with Crippen LogP contribution in [-0.2, 0) is 11.3 Å². The minimum atomic E-state index is -0.458. The lowest BCUT2D eigenvalue weighted by Gasteiger charge is -2.31. The predicted octanol–water partition coefficient (Wildman–Crippen LogP) is 2.67. The first-order valence-electron chi connectivity index (χ1n) is 11.3. The van der Waals surface area contributed by atoms with E-state index in [1.165, 1.54) is 6.07 Å². The molecule has 1 amide bonds. The van der Waals surface area contributed by atoms with Crippen LogP contribution in [0.3, 0.4) is 0 Å². The number of benzene rings is 1. The van der Waals surface area contributed by atoms with E-state index in [1.807, 2.05) is 25.1 Å². The van der Waals surface area contributed by atoms with Crippen LogP contribution in [0.5, 0.6) is 0 Å². The number of rotatable bonds is 5. The van der Waals surface area contributed by atoms with E-state index in [0.717, 1.165) is 73.6 Å². The van der Waals surface area contributed by atoms with Gasteiger partial charge in [0.25, 0.3) is 0 Å². The summed E-state index contributed by atoms with van der Waals surface area (Å²) in [4.78, 5) is 26.4. The maximum Gasteiger partial charge on any atom is 0.238 e. The van der Waals surface area contributed by atoms with Crippen LogP contribution in [0.25, 0.3) is 22.6 Å². The molecule has 0 radical (unpaired) electrons. The molecule has 2 aromatic heterocycles. The summed E-state index contributed by atoms with van der Waals surface area (Å²) in [7, 11) is 2.07.